The van der Waals surface area contributed by atoms with Gasteiger partial charge in [0.15, 0.2) is 5.78 Å². The van der Waals surface area contributed by atoms with Crippen molar-refractivity contribution < 1.29 is 33.7 Å². The zero-order valence-corrected chi connectivity index (χ0v) is 19.6. The van der Waals surface area contributed by atoms with E-state index in [1.54, 1.807) is 32.9 Å². The molecular weight excluding hydrogens is 470 g/mol. The van der Waals surface area contributed by atoms with Crippen LogP contribution in [0.4, 0.5) is 0 Å². The van der Waals surface area contributed by atoms with Gasteiger partial charge in [0.25, 0.3) is 5.91 Å². The fraction of sp³-hybridized carbons (Fsp3) is 0.500. The lowest BCUT2D eigenvalue weighted by molar-refractivity contribution is -0.154. The van der Waals surface area contributed by atoms with Gasteiger partial charge in [0.2, 0.25) is 0 Å². The summed E-state index contributed by atoms with van der Waals surface area (Å²) in [5.74, 6) is -1.94. The van der Waals surface area contributed by atoms with E-state index in [0.717, 1.165) is 0 Å². The molecular formula is C22H26BrNO7. The Hall–Kier alpha value is -2.39. The van der Waals surface area contributed by atoms with Crippen molar-refractivity contribution in [1.82, 2.24) is 5.32 Å². The summed E-state index contributed by atoms with van der Waals surface area (Å²) in [5.41, 5.74) is -1.12. The van der Waals surface area contributed by atoms with Gasteiger partial charge in [-0.1, -0.05) is 0 Å². The highest BCUT2D eigenvalue weighted by Gasteiger charge is 2.50. The van der Waals surface area contributed by atoms with E-state index in [-0.39, 0.29) is 5.57 Å². The van der Waals surface area contributed by atoms with Crippen LogP contribution in [0.25, 0.3) is 5.76 Å². The molecule has 1 aromatic rings. The number of ether oxygens (including phenoxy) is 3. The number of carbonyl (C=O) groups is 3. The average molecular weight is 496 g/mol. The highest BCUT2D eigenvalue weighted by molar-refractivity contribution is 9.10. The van der Waals surface area contributed by atoms with Gasteiger partial charge in [-0.25, -0.2) is 0 Å². The SMILES string of the molecule is COc1cc2c(cc1Br)C1(CCOCC1)C(=O)C(C(=O)NCC(=O)OC(C)(C)C)=C2O. The molecule has 1 amide bonds. The van der Waals surface area contributed by atoms with Crippen LogP contribution in [0.3, 0.4) is 0 Å². The van der Waals surface area contributed by atoms with Crippen LogP contribution in [-0.4, -0.2) is 55.2 Å². The lowest BCUT2D eigenvalue weighted by atomic mass is 9.64. The third-order valence-electron chi connectivity index (χ3n) is 5.35. The zero-order chi connectivity index (χ0) is 23.0. The smallest absolute Gasteiger partial charge is 0.325 e. The Labute approximate surface area is 189 Å². The van der Waals surface area contributed by atoms with Crippen molar-refractivity contribution >= 4 is 39.3 Å². The van der Waals surface area contributed by atoms with Crippen LogP contribution in [0.15, 0.2) is 22.2 Å². The third kappa shape index (κ3) is 4.48. The fourth-order valence-electron chi connectivity index (χ4n) is 3.95. The van der Waals surface area contributed by atoms with Crippen molar-refractivity contribution in [3.63, 3.8) is 0 Å². The molecule has 1 saturated heterocycles. The summed E-state index contributed by atoms with van der Waals surface area (Å²) in [5, 5.41) is 13.3. The van der Waals surface area contributed by atoms with E-state index in [1.807, 2.05) is 0 Å². The van der Waals surface area contributed by atoms with Crippen molar-refractivity contribution in [2.45, 2.75) is 44.6 Å². The Balaban J connectivity index is 2.01. The molecule has 8 nitrogen and oxygen atoms in total. The van der Waals surface area contributed by atoms with Gasteiger partial charge >= 0.3 is 5.97 Å². The van der Waals surface area contributed by atoms with Gasteiger partial charge in [-0.2, -0.15) is 0 Å². The van der Waals surface area contributed by atoms with Gasteiger partial charge in [-0.3, -0.25) is 14.4 Å². The quantitative estimate of drug-likeness (QED) is 0.487. The molecule has 1 aliphatic heterocycles. The number of fused-ring (bicyclic) bond motifs is 2. The second-order valence-electron chi connectivity index (χ2n) is 8.55. The first kappa shape index (κ1) is 23.3. The Kier molecular flexibility index (Phi) is 6.48. The van der Waals surface area contributed by atoms with Crippen molar-refractivity contribution in [3.8, 4) is 5.75 Å². The number of Topliss-reactive ketones (excluding diaryl/α,β-unsaturated/α-hetero) is 1. The number of hydrogen-bond donors (Lipinski definition) is 2. The highest BCUT2D eigenvalue weighted by atomic mass is 79.9. The molecule has 31 heavy (non-hydrogen) atoms. The van der Waals surface area contributed by atoms with Crippen LogP contribution in [-0.2, 0) is 29.3 Å². The number of benzene rings is 1. The van der Waals surface area contributed by atoms with Crippen LogP contribution in [0.5, 0.6) is 5.75 Å². The van der Waals surface area contributed by atoms with E-state index in [0.29, 0.717) is 47.4 Å². The number of nitrogens with one attached hydrogen (secondary N) is 1. The maximum absolute atomic E-state index is 13.6. The van der Waals surface area contributed by atoms with Gasteiger partial charge in [0.05, 0.1) is 17.0 Å². The first-order valence-corrected chi connectivity index (χ1v) is 10.7. The molecule has 0 atom stereocenters. The molecule has 9 heteroatoms. The molecule has 1 spiro atoms. The van der Waals surface area contributed by atoms with E-state index < -0.39 is 41.0 Å². The molecule has 0 bridgehead atoms. The summed E-state index contributed by atoms with van der Waals surface area (Å²) in [7, 11) is 1.49. The summed E-state index contributed by atoms with van der Waals surface area (Å²) >= 11 is 3.44. The topological polar surface area (TPSA) is 111 Å². The molecule has 1 aromatic carbocycles. The van der Waals surface area contributed by atoms with E-state index in [1.165, 1.54) is 7.11 Å². The number of esters is 1. The van der Waals surface area contributed by atoms with Crippen LogP contribution in [0.1, 0.15) is 44.7 Å². The number of rotatable bonds is 4. The minimum atomic E-state index is -1.01. The normalized spacial score (nSPS) is 17.9. The van der Waals surface area contributed by atoms with E-state index in [4.69, 9.17) is 14.2 Å². The molecule has 2 N–H and O–H groups in total. The van der Waals surface area contributed by atoms with Gasteiger partial charge in [-0.15, -0.1) is 0 Å². The molecule has 1 aliphatic carbocycles. The Morgan fingerprint density at radius 2 is 1.90 bits per heavy atom. The fourth-order valence-corrected chi connectivity index (χ4v) is 4.46. The molecule has 2 aliphatic rings. The molecule has 168 valence electrons. The van der Waals surface area contributed by atoms with Gasteiger partial charge < -0.3 is 24.6 Å². The van der Waals surface area contributed by atoms with Gasteiger partial charge in [0, 0.05) is 18.8 Å². The molecule has 0 unspecified atom stereocenters. The van der Waals surface area contributed by atoms with Crippen molar-refractivity contribution in [2.24, 2.45) is 0 Å². The predicted octanol–water partition coefficient (Wildman–Crippen LogP) is 2.82. The van der Waals surface area contributed by atoms with Crippen LogP contribution in [0, 0.1) is 0 Å². The van der Waals surface area contributed by atoms with Crippen molar-refractivity contribution in [2.75, 3.05) is 26.9 Å². The molecule has 0 saturated carbocycles. The Morgan fingerprint density at radius 3 is 2.48 bits per heavy atom. The molecule has 1 fully saturated rings. The molecule has 0 radical (unpaired) electrons. The average Bonchev–Trinajstić information content (AvgIpc) is 2.70. The first-order valence-electron chi connectivity index (χ1n) is 9.94. The zero-order valence-electron chi connectivity index (χ0n) is 18.0. The van der Waals surface area contributed by atoms with Gasteiger partial charge in [0.1, 0.15) is 29.2 Å². The summed E-state index contributed by atoms with van der Waals surface area (Å²) in [6, 6.07) is 3.35. The number of hydrogen-bond acceptors (Lipinski definition) is 7. The molecule has 0 aromatic heterocycles. The second kappa shape index (κ2) is 8.63. The largest absolute Gasteiger partial charge is 0.506 e. The number of aliphatic hydroxyl groups excluding tert-OH is 1. The number of aliphatic hydroxyl groups is 1. The first-order chi connectivity index (χ1) is 14.5. The summed E-state index contributed by atoms with van der Waals surface area (Å²) in [6.07, 6.45) is 0.738. The van der Waals surface area contributed by atoms with Crippen molar-refractivity contribution in [1.29, 1.82) is 0 Å². The number of halogens is 1. The monoisotopic (exact) mass is 495 g/mol. The summed E-state index contributed by atoms with van der Waals surface area (Å²) < 4.78 is 16.6. The maximum atomic E-state index is 13.6. The Morgan fingerprint density at radius 1 is 1.26 bits per heavy atom. The predicted molar refractivity (Wildman–Crippen MR) is 116 cm³/mol. The number of ketones is 1. The third-order valence-corrected chi connectivity index (χ3v) is 5.97. The summed E-state index contributed by atoms with van der Waals surface area (Å²) in [4.78, 5) is 38.5. The molecule has 1 heterocycles. The minimum absolute atomic E-state index is 0.350. The van der Waals surface area contributed by atoms with Crippen LogP contribution < -0.4 is 10.1 Å². The van der Waals surface area contributed by atoms with E-state index >= 15 is 0 Å². The maximum Gasteiger partial charge on any atom is 0.325 e. The Bertz CT molecular complexity index is 955. The second-order valence-corrected chi connectivity index (χ2v) is 9.40. The van der Waals surface area contributed by atoms with Gasteiger partial charge in [-0.05, 0) is 67.2 Å². The lowest BCUT2D eigenvalue weighted by Gasteiger charge is -2.40. The lowest BCUT2D eigenvalue weighted by Crippen LogP contribution is -2.48. The number of amides is 1. The van der Waals surface area contributed by atoms with Crippen LogP contribution in [0.2, 0.25) is 0 Å². The minimum Gasteiger partial charge on any atom is -0.506 e. The number of carbonyl (C=O) groups excluding carboxylic acids is 3. The number of methoxy groups -OCH3 is 1. The summed E-state index contributed by atoms with van der Waals surface area (Å²) in [6.45, 7) is 5.41. The van der Waals surface area contributed by atoms with E-state index in [9.17, 15) is 19.5 Å². The highest BCUT2D eigenvalue weighted by Crippen LogP contribution is 2.48. The van der Waals surface area contributed by atoms with E-state index in [2.05, 4.69) is 21.2 Å². The standard InChI is InChI=1S/C22H26BrNO7/c1-21(2,3)31-16(25)11-24-20(28)17-18(26)12-9-15(29-4)14(23)10-13(12)22(19(17)27)5-7-30-8-6-22/h9-10,26H,5-8,11H2,1-4H3,(H,24,28). The van der Waals surface area contributed by atoms with Crippen LogP contribution >= 0.6 is 15.9 Å². The van der Waals surface area contributed by atoms with Crippen molar-refractivity contribution in [3.05, 3.63) is 33.3 Å². The molecule has 3 rings (SSSR count).